The molecule has 4 heteroatoms. The van der Waals surface area contributed by atoms with E-state index in [9.17, 15) is 4.39 Å². The van der Waals surface area contributed by atoms with Crippen molar-refractivity contribution in [2.24, 2.45) is 0 Å². The van der Waals surface area contributed by atoms with Crippen molar-refractivity contribution in [1.29, 1.82) is 0 Å². The molecule has 3 rings (SSSR count). The maximum atomic E-state index is 13.1. The van der Waals surface area contributed by atoms with Gasteiger partial charge in [-0.1, -0.05) is 13.0 Å². The number of aryl methyl sites for hydroxylation is 1. The van der Waals surface area contributed by atoms with E-state index in [1.165, 1.54) is 17.7 Å². The third-order valence-corrected chi connectivity index (χ3v) is 3.10. The molecular weight excluding hydrogens is 243 g/mol. The van der Waals surface area contributed by atoms with Crippen LogP contribution in [0.1, 0.15) is 12.5 Å². The van der Waals surface area contributed by atoms with Crippen LogP contribution < -0.4 is 5.73 Å². The Morgan fingerprint density at radius 3 is 2.79 bits per heavy atom. The summed E-state index contributed by atoms with van der Waals surface area (Å²) in [5.41, 5.74) is 9.04. The highest BCUT2D eigenvalue weighted by Crippen LogP contribution is 2.27. The van der Waals surface area contributed by atoms with Gasteiger partial charge in [-0.2, -0.15) is 0 Å². The van der Waals surface area contributed by atoms with Crippen molar-refractivity contribution in [3.8, 4) is 11.5 Å². The summed E-state index contributed by atoms with van der Waals surface area (Å²) in [5, 5.41) is 0. The van der Waals surface area contributed by atoms with E-state index in [2.05, 4.69) is 11.9 Å². The maximum Gasteiger partial charge on any atom is 0.227 e. The van der Waals surface area contributed by atoms with Crippen molar-refractivity contribution in [2.45, 2.75) is 13.3 Å². The first kappa shape index (κ1) is 11.7. The lowest BCUT2D eigenvalue weighted by molar-refractivity contribution is 0.617. The monoisotopic (exact) mass is 256 g/mol. The molecule has 2 aromatic carbocycles. The summed E-state index contributed by atoms with van der Waals surface area (Å²) >= 11 is 0. The number of hydrogen-bond acceptors (Lipinski definition) is 3. The van der Waals surface area contributed by atoms with Gasteiger partial charge in [0.15, 0.2) is 5.58 Å². The molecule has 2 N–H and O–H groups in total. The topological polar surface area (TPSA) is 52.0 Å². The van der Waals surface area contributed by atoms with Gasteiger partial charge in [-0.3, -0.25) is 0 Å². The molecule has 1 heterocycles. The minimum absolute atomic E-state index is 0.0917. The molecule has 0 aliphatic rings. The normalized spacial score (nSPS) is 11.1. The second-order valence-corrected chi connectivity index (χ2v) is 4.41. The highest BCUT2D eigenvalue weighted by atomic mass is 19.1. The smallest absolute Gasteiger partial charge is 0.227 e. The summed E-state index contributed by atoms with van der Waals surface area (Å²) in [6.07, 6.45) is 0.946. The van der Waals surface area contributed by atoms with Crippen molar-refractivity contribution in [3.05, 3.63) is 47.8 Å². The number of anilines is 1. The number of rotatable bonds is 2. The third-order valence-electron chi connectivity index (χ3n) is 3.10. The maximum absolute atomic E-state index is 13.1. The molecule has 1 aromatic heterocycles. The van der Waals surface area contributed by atoms with Gasteiger partial charge in [-0.15, -0.1) is 0 Å². The van der Waals surface area contributed by atoms with Gasteiger partial charge in [-0.05, 0) is 42.3 Å². The highest BCUT2D eigenvalue weighted by molar-refractivity contribution is 5.77. The molecule has 0 radical (unpaired) electrons. The number of fused-ring (bicyclic) bond motifs is 1. The zero-order valence-electron chi connectivity index (χ0n) is 10.5. The summed E-state index contributed by atoms with van der Waals surface area (Å²) in [6.45, 7) is 2.09. The standard InChI is InChI=1S/C15H13FN2O/c1-2-9-3-6-14-13(7-9)18-15(19-14)10-4-5-11(16)12(17)8-10/h3-8H,2,17H2,1H3. The Labute approximate surface area is 109 Å². The van der Waals surface area contributed by atoms with E-state index in [1.807, 2.05) is 18.2 Å². The van der Waals surface area contributed by atoms with Crippen LogP contribution in [0.25, 0.3) is 22.6 Å². The van der Waals surface area contributed by atoms with E-state index in [0.29, 0.717) is 11.5 Å². The van der Waals surface area contributed by atoms with Gasteiger partial charge in [0.25, 0.3) is 0 Å². The Balaban J connectivity index is 2.11. The van der Waals surface area contributed by atoms with Crippen LogP contribution in [0.5, 0.6) is 0 Å². The Bertz CT molecular complexity index is 749. The zero-order valence-corrected chi connectivity index (χ0v) is 10.5. The first-order valence-corrected chi connectivity index (χ1v) is 6.12. The van der Waals surface area contributed by atoms with E-state index >= 15 is 0 Å². The van der Waals surface area contributed by atoms with Gasteiger partial charge in [-0.25, -0.2) is 9.37 Å². The van der Waals surface area contributed by atoms with E-state index in [1.54, 1.807) is 6.07 Å². The van der Waals surface area contributed by atoms with Gasteiger partial charge >= 0.3 is 0 Å². The van der Waals surface area contributed by atoms with Gasteiger partial charge in [0, 0.05) is 5.56 Å². The van der Waals surface area contributed by atoms with E-state index in [0.717, 1.165) is 17.5 Å². The van der Waals surface area contributed by atoms with Crippen molar-refractivity contribution in [2.75, 3.05) is 5.73 Å². The minimum atomic E-state index is -0.437. The molecule has 3 aromatic rings. The predicted octanol–water partition coefficient (Wildman–Crippen LogP) is 3.78. The van der Waals surface area contributed by atoms with Crippen molar-refractivity contribution in [3.63, 3.8) is 0 Å². The SMILES string of the molecule is CCc1ccc2oc(-c3ccc(F)c(N)c3)nc2c1. The van der Waals surface area contributed by atoms with Crippen molar-refractivity contribution in [1.82, 2.24) is 4.98 Å². The number of nitrogen functional groups attached to an aromatic ring is 1. The number of oxazole rings is 1. The molecule has 0 spiro atoms. The highest BCUT2D eigenvalue weighted by Gasteiger charge is 2.10. The van der Waals surface area contributed by atoms with E-state index in [-0.39, 0.29) is 5.69 Å². The van der Waals surface area contributed by atoms with Gasteiger partial charge < -0.3 is 10.2 Å². The Morgan fingerprint density at radius 1 is 1.21 bits per heavy atom. The molecule has 0 saturated heterocycles. The van der Waals surface area contributed by atoms with Crippen LogP contribution in [0.2, 0.25) is 0 Å². The zero-order chi connectivity index (χ0) is 13.4. The Hall–Kier alpha value is -2.36. The number of hydrogen-bond donors (Lipinski definition) is 1. The molecule has 0 aliphatic carbocycles. The summed E-state index contributed by atoms with van der Waals surface area (Å²) in [4.78, 5) is 4.42. The lowest BCUT2D eigenvalue weighted by Crippen LogP contribution is -1.90. The second-order valence-electron chi connectivity index (χ2n) is 4.41. The van der Waals surface area contributed by atoms with E-state index < -0.39 is 5.82 Å². The average Bonchev–Trinajstić information content (AvgIpc) is 2.84. The Morgan fingerprint density at radius 2 is 2.05 bits per heavy atom. The number of aromatic nitrogens is 1. The molecule has 0 fully saturated rings. The molecule has 0 atom stereocenters. The van der Waals surface area contributed by atoms with Crippen LogP contribution in [0.3, 0.4) is 0 Å². The molecule has 0 saturated carbocycles. The van der Waals surface area contributed by atoms with Gasteiger partial charge in [0.2, 0.25) is 5.89 Å². The quantitative estimate of drug-likeness (QED) is 0.710. The number of benzene rings is 2. The first-order valence-electron chi connectivity index (χ1n) is 6.12. The molecule has 19 heavy (non-hydrogen) atoms. The van der Waals surface area contributed by atoms with Crippen LogP contribution >= 0.6 is 0 Å². The molecule has 0 amide bonds. The second kappa shape index (κ2) is 4.39. The van der Waals surface area contributed by atoms with Crippen LogP contribution in [0, 0.1) is 5.82 Å². The minimum Gasteiger partial charge on any atom is -0.436 e. The number of nitrogens with two attached hydrogens (primary N) is 1. The van der Waals surface area contributed by atoms with Gasteiger partial charge in [0.1, 0.15) is 11.3 Å². The largest absolute Gasteiger partial charge is 0.436 e. The average molecular weight is 256 g/mol. The summed E-state index contributed by atoms with van der Waals surface area (Å²) < 4.78 is 18.8. The van der Waals surface area contributed by atoms with Crippen LogP contribution in [-0.4, -0.2) is 4.98 Å². The fourth-order valence-corrected chi connectivity index (χ4v) is 1.99. The van der Waals surface area contributed by atoms with Crippen LogP contribution in [-0.2, 0) is 6.42 Å². The van der Waals surface area contributed by atoms with Crippen molar-refractivity contribution < 1.29 is 8.81 Å². The van der Waals surface area contributed by atoms with Crippen LogP contribution in [0.15, 0.2) is 40.8 Å². The number of halogens is 1. The number of nitrogens with zero attached hydrogens (tertiary/aromatic N) is 1. The summed E-state index contributed by atoms with van der Waals surface area (Å²) in [5.74, 6) is 0.0167. The predicted molar refractivity (Wildman–Crippen MR) is 73.2 cm³/mol. The van der Waals surface area contributed by atoms with Gasteiger partial charge in [0.05, 0.1) is 5.69 Å². The molecule has 0 bridgehead atoms. The Kier molecular flexibility index (Phi) is 2.71. The molecule has 0 aliphatic heterocycles. The first-order chi connectivity index (χ1) is 9.17. The van der Waals surface area contributed by atoms with Crippen LogP contribution in [0.4, 0.5) is 10.1 Å². The summed E-state index contributed by atoms with van der Waals surface area (Å²) in [7, 11) is 0. The molecule has 0 unspecified atom stereocenters. The lowest BCUT2D eigenvalue weighted by atomic mass is 10.1. The fraction of sp³-hybridized carbons (Fsp3) is 0.133. The third kappa shape index (κ3) is 2.05. The molecule has 3 nitrogen and oxygen atoms in total. The lowest BCUT2D eigenvalue weighted by Gasteiger charge is -1.98. The van der Waals surface area contributed by atoms with E-state index in [4.69, 9.17) is 10.2 Å². The fourth-order valence-electron chi connectivity index (χ4n) is 1.99. The van der Waals surface area contributed by atoms with Crippen molar-refractivity contribution >= 4 is 16.8 Å². The molecular formula is C15H13FN2O. The molecule has 96 valence electrons. The summed E-state index contributed by atoms with van der Waals surface area (Å²) in [6, 6.07) is 10.4.